The molecule has 0 spiro atoms. The van der Waals surface area contributed by atoms with E-state index < -0.39 is 0 Å². The maximum absolute atomic E-state index is 11.6. The lowest BCUT2D eigenvalue weighted by Crippen LogP contribution is -2.32. The van der Waals surface area contributed by atoms with Crippen molar-refractivity contribution in [2.45, 2.75) is 19.5 Å². The summed E-state index contributed by atoms with van der Waals surface area (Å²) in [6.45, 7) is 3.38. The van der Waals surface area contributed by atoms with Gasteiger partial charge in [-0.3, -0.25) is 14.5 Å². The monoisotopic (exact) mass is 245 g/mol. The second-order valence-corrected chi connectivity index (χ2v) is 5.03. The predicted octanol–water partition coefficient (Wildman–Crippen LogP) is 1.21. The van der Waals surface area contributed by atoms with Gasteiger partial charge in [0.25, 0.3) is 0 Å². The lowest BCUT2D eigenvalue weighted by Gasteiger charge is -2.23. The molecule has 94 valence electrons. The van der Waals surface area contributed by atoms with Crippen LogP contribution < -0.4 is 0 Å². The fourth-order valence-corrected chi connectivity index (χ4v) is 2.95. The van der Waals surface area contributed by atoms with Crippen LogP contribution in [-0.4, -0.2) is 29.4 Å². The summed E-state index contributed by atoms with van der Waals surface area (Å²) in [6.07, 6.45) is 0. The van der Waals surface area contributed by atoms with Crippen molar-refractivity contribution in [2.24, 2.45) is 11.8 Å². The first-order valence-corrected chi connectivity index (χ1v) is 6.20. The van der Waals surface area contributed by atoms with Crippen LogP contribution in [0.2, 0.25) is 0 Å². The lowest BCUT2D eigenvalue weighted by molar-refractivity contribution is -0.155. The number of carbonyl (C=O) groups excluding carboxylic acids is 2. The molecule has 0 bridgehead atoms. The molecule has 3 rings (SSSR count). The average Bonchev–Trinajstić information content (AvgIpc) is 2.82. The van der Waals surface area contributed by atoms with E-state index in [0.29, 0.717) is 6.54 Å². The highest BCUT2D eigenvalue weighted by Gasteiger charge is 2.53. The highest BCUT2D eigenvalue weighted by atomic mass is 16.6. The van der Waals surface area contributed by atoms with E-state index in [0.717, 1.165) is 6.54 Å². The second kappa shape index (κ2) is 4.21. The molecule has 0 radical (unpaired) electrons. The number of ether oxygens (including phenoxy) is 1. The molecular formula is C14H15NO3. The average molecular weight is 245 g/mol. The lowest BCUT2D eigenvalue weighted by atomic mass is 9.94. The van der Waals surface area contributed by atoms with E-state index in [4.69, 9.17) is 4.74 Å². The Labute approximate surface area is 106 Å². The highest BCUT2D eigenvalue weighted by Crippen LogP contribution is 2.37. The Morgan fingerprint density at radius 1 is 1.22 bits per heavy atom. The van der Waals surface area contributed by atoms with Gasteiger partial charge in [-0.2, -0.15) is 0 Å². The number of benzene rings is 1. The van der Waals surface area contributed by atoms with E-state index in [1.54, 1.807) is 0 Å². The van der Waals surface area contributed by atoms with Crippen LogP contribution in [0.25, 0.3) is 0 Å². The minimum absolute atomic E-state index is 0.0640. The molecule has 18 heavy (non-hydrogen) atoms. The molecule has 0 N–H and O–H groups in total. The molecule has 0 aliphatic carbocycles. The molecular weight excluding hydrogens is 230 g/mol. The molecule has 2 saturated heterocycles. The first-order valence-electron chi connectivity index (χ1n) is 6.20. The number of hydrogen-bond acceptors (Lipinski definition) is 4. The Hall–Kier alpha value is -1.68. The Morgan fingerprint density at radius 2 is 1.94 bits per heavy atom. The summed E-state index contributed by atoms with van der Waals surface area (Å²) in [5.41, 5.74) is 1.20. The van der Waals surface area contributed by atoms with Gasteiger partial charge in [0.2, 0.25) is 0 Å². The number of rotatable bonds is 2. The number of carbonyl (C=O) groups is 2. The summed E-state index contributed by atoms with van der Waals surface area (Å²) in [6, 6.07) is 10.1. The smallest absolute Gasteiger partial charge is 0.319 e. The SMILES string of the molecule is CC1C2C(=O)OC(=O)C2CN1Cc1ccccc1. The third kappa shape index (κ3) is 1.73. The van der Waals surface area contributed by atoms with E-state index in [-0.39, 0.29) is 29.8 Å². The molecule has 2 aliphatic heterocycles. The number of fused-ring (bicyclic) bond motifs is 1. The number of likely N-dealkylation sites (tertiary alicyclic amines) is 1. The van der Waals surface area contributed by atoms with Crippen molar-refractivity contribution in [3.63, 3.8) is 0 Å². The van der Waals surface area contributed by atoms with Gasteiger partial charge in [-0.15, -0.1) is 0 Å². The van der Waals surface area contributed by atoms with Crippen molar-refractivity contribution in [1.82, 2.24) is 4.90 Å². The standard InChI is InChI=1S/C14H15NO3/c1-9-12-11(13(16)18-14(12)17)8-15(9)7-10-5-3-2-4-6-10/h2-6,9,11-12H,7-8H2,1H3. The molecule has 0 aromatic heterocycles. The van der Waals surface area contributed by atoms with E-state index >= 15 is 0 Å². The molecule has 1 aromatic rings. The van der Waals surface area contributed by atoms with Gasteiger partial charge >= 0.3 is 11.9 Å². The molecule has 3 unspecified atom stereocenters. The van der Waals surface area contributed by atoms with Crippen LogP contribution in [0.3, 0.4) is 0 Å². The van der Waals surface area contributed by atoms with Gasteiger partial charge in [-0.1, -0.05) is 30.3 Å². The van der Waals surface area contributed by atoms with Gasteiger partial charge in [-0.05, 0) is 12.5 Å². The van der Waals surface area contributed by atoms with Crippen molar-refractivity contribution in [2.75, 3.05) is 6.54 Å². The van der Waals surface area contributed by atoms with E-state index in [2.05, 4.69) is 17.0 Å². The van der Waals surface area contributed by atoms with Crippen LogP contribution in [0.5, 0.6) is 0 Å². The third-order valence-corrected chi connectivity index (χ3v) is 3.96. The number of esters is 2. The maximum atomic E-state index is 11.6. The summed E-state index contributed by atoms with van der Waals surface area (Å²) >= 11 is 0. The summed E-state index contributed by atoms with van der Waals surface area (Å²) in [4.78, 5) is 25.3. The van der Waals surface area contributed by atoms with E-state index in [1.807, 2.05) is 25.1 Å². The molecule has 2 fully saturated rings. The minimum Gasteiger partial charge on any atom is -0.393 e. The Bertz CT molecular complexity index is 485. The van der Waals surface area contributed by atoms with Crippen LogP contribution in [0.15, 0.2) is 30.3 Å². The Kier molecular flexibility index (Phi) is 2.67. The largest absolute Gasteiger partial charge is 0.393 e. The fourth-order valence-electron chi connectivity index (χ4n) is 2.95. The molecule has 3 atom stereocenters. The summed E-state index contributed by atoms with van der Waals surface area (Å²) in [7, 11) is 0. The molecule has 2 heterocycles. The zero-order valence-corrected chi connectivity index (χ0v) is 10.2. The first-order chi connectivity index (χ1) is 8.66. The number of nitrogens with zero attached hydrogens (tertiary/aromatic N) is 1. The predicted molar refractivity (Wildman–Crippen MR) is 64.4 cm³/mol. The fraction of sp³-hybridized carbons (Fsp3) is 0.429. The van der Waals surface area contributed by atoms with Gasteiger partial charge in [0.15, 0.2) is 0 Å². The molecule has 4 nitrogen and oxygen atoms in total. The second-order valence-electron chi connectivity index (χ2n) is 5.03. The van der Waals surface area contributed by atoms with Crippen LogP contribution in [0.4, 0.5) is 0 Å². The van der Waals surface area contributed by atoms with Gasteiger partial charge in [-0.25, -0.2) is 0 Å². The van der Waals surface area contributed by atoms with Crippen molar-refractivity contribution in [3.8, 4) is 0 Å². The van der Waals surface area contributed by atoms with Gasteiger partial charge in [0.1, 0.15) is 0 Å². The van der Waals surface area contributed by atoms with Crippen LogP contribution in [0, 0.1) is 11.8 Å². The van der Waals surface area contributed by atoms with Gasteiger partial charge in [0, 0.05) is 19.1 Å². The summed E-state index contributed by atoms with van der Waals surface area (Å²) < 4.78 is 4.69. The van der Waals surface area contributed by atoms with Crippen LogP contribution >= 0.6 is 0 Å². The Morgan fingerprint density at radius 3 is 2.61 bits per heavy atom. The third-order valence-electron chi connectivity index (χ3n) is 3.96. The molecule has 0 amide bonds. The molecule has 1 aromatic carbocycles. The van der Waals surface area contributed by atoms with Crippen molar-refractivity contribution < 1.29 is 14.3 Å². The van der Waals surface area contributed by atoms with Gasteiger partial charge in [0.05, 0.1) is 11.8 Å². The van der Waals surface area contributed by atoms with Crippen molar-refractivity contribution >= 4 is 11.9 Å². The molecule has 0 saturated carbocycles. The topological polar surface area (TPSA) is 46.6 Å². The first kappa shape index (κ1) is 11.4. The highest BCUT2D eigenvalue weighted by molar-refractivity contribution is 5.97. The minimum atomic E-state index is -0.354. The van der Waals surface area contributed by atoms with Crippen molar-refractivity contribution in [3.05, 3.63) is 35.9 Å². The normalized spacial score (nSPS) is 31.5. The summed E-state index contributed by atoms with van der Waals surface area (Å²) in [5.74, 6) is -1.25. The van der Waals surface area contributed by atoms with Crippen molar-refractivity contribution in [1.29, 1.82) is 0 Å². The van der Waals surface area contributed by atoms with Crippen LogP contribution in [-0.2, 0) is 20.9 Å². The van der Waals surface area contributed by atoms with Gasteiger partial charge < -0.3 is 4.74 Å². The Balaban J connectivity index is 1.77. The zero-order valence-electron chi connectivity index (χ0n) is 10.2. The summed E-state index contributed by atoms with van der Waals surface area (Å²) in [5, 5.41) is 0. The number of hydrogen-bond donors (Lipinski definition) is 0. The molecule has 2 aliphatic rings. The quantitative estimate of drug-likeness (QED) is 0.580. The molecule has 4 heteroatoms. The van der Waals surface area contributed by atoms with Crippen LogP contribution in [0.1, 0.15) is 12.5 Å². The van der Waals surface area contributed by atoms with E-state index in [1.165, 1.54) is 5.56 Å². The van der Waals surface area contributed by atoms with E-state index in [9.17, 15) is 9.59 Å². The zero-order chi connectivity index (χ0) is 12.7. The maximum Gasteiger partial charge on any atom is 0.319 e. The number of cyclic esters (lactones) is 2.